The summed E-state index contributed by atoms with van der Waals surface area (Å²) in [5.41, 5.74) is 0.662. The first-order chi connectivity index (χ1) is 11.7. The molecule has 2 saturated carbocycles. The van der Waals surface area contributed by atoms with Gasteiger partial charge in [-0.2, -0.15) is 0 Å². The summed E-state index contributed by atoms with van der Waals surface area (Å²) in [5.74, 6) is 1.92. The number of rotatable bonds is 7. The van der Waals surface area contributed by atoms with Crippen LogP contribution in [-0.4, -0.2) is 32.3 Å². The Morgan fingerprint density at radius 2 is 1.83 bits per heavy atom. The predicted octanol–water partition coefficient (Wildman–Crippen LogP) is 3.25. The molecular formula is C19H25N3O2. The summed E-state index contributed by atoms with van der Waals surface area (Å²) in [5, 5.41) is 19.2. The molecule has 1 heterocycles. The highest BCUT2D eigenvalue weighted by molar-refractivity contribution is 5.14. The number of nitrogens with zero attached hydrogens (tertiary/aromatic N) is 3. The Labute approximate surface area is 142 Å². The maximum Gasteiger partial charge on any atom is 0.230 e. The van der Waals surface area contributed by atoms with Crippen LogP contribution in [0.2, 0.25) is 0 Å². The van der Waals surface area contributed by atoms with Crippen LogP contribution in [0.3, 0.4) is 0 Å². The third-order valence-electron chi connectivity index (χ3n) is 5.07. The van der Waals surface area contributed by atoms with E-state index in [1.807, 2.05) is 6.07 Å². The van der Waals surface area contributed by atoms with Crippen molar-refractivity contribution < 1.29 is 9.52 Å². The molecule has 5 heteroatoms. The van der Waals surface area contributed by atoms with Crippen LogP contribution >= 0.6 is 0 Å². The first kappa shape index (κ1) is 15.8. The van der Waals surface area contributed by atoms with Gasteiger partial charge in [-0.25, -0.2) is 0 Å². The van der Waals surface area contributed by atoms with E-state index in [1.54, 1.807) is 0 Å². The van der Waals surface area contributed by atoms with Gasteiger partial charge in [0, 0.05) is 19.0 Å². The zero-order valence-corrected chi connectivity index (χ0v) is 14.0. The molecule has 24 heavy (non-hydrogen) atoms. The molecule has 0 saturated heterocycles. The summed E-state index contributed by atoms with van der Waals surface area (Å²) in [6, 6.07) is 10.4. The summed E-state index contributed by atoms with van der Waals surface area (Å²) in [6.45, 7) is 2.03. The quantitative estimate of drug-likeness (QED) is 0.846. The second-order valence-corrected chi connectivity index (χ2v) is 7.37. The summed E-state index contributed by atoms with van der Waals surface area (Å²) in [7, 11) is 0. The number of hydrogen-bond donors (Lipinski definition) is 1. The summed E-state index contributed by atoms with van der Waals surface area (Å²) >= 11 is 0. The van der Waals surface area contributed by atoms with E-state index in [9.17, 15) is 5.11 Å². The SMILES string of the molecule is OC1(CN(Cc2ccccc2)Cc2nnc(C3CC3)o2)CCCC1. The van der Waals surface area contributed by atoms with E-state index in [2.05, 4.69) is 39.4 Å². The van der Waals surface area contributed by atoms with Crippen molar-refractivity contribution in [2.24, 2.45) is 0 Å². The Kier molecular flexibility index (Phi) is 4.37. The largest absolute Gasteiger partial charge is 0.424 e. The predicted molar refractivity (Wildman–Crippen MR) is 90.2 cm³/mol. The van der Waals surface area contributed by atoms with Crippen molar-refractivity contribution in [3.8, 4) is 0 Å². The van der Waals surface area contributed by atoms with Gasteiger partial charge >= 0.3 is 0 Å². The van der Waals surface area contributed by atoms with Crippen LogP contribution in [0.1, 0.15) is 61.8 Å². The molecule has 1 N–H and O–H groups in total. The Hall–Kier alpha value is -1.72. The molecule has 128 valence electrons. The van der Waals surface area contributed by atoms with E-state index >= 15 is 0 Å². The van der Waals surface area contributed by atoms with Crippen LogP contribution in [0.4, 0.5) is 0 Å². The smallest absolute Gasteiger partial charge is 0.230 e. The van der Waals surface area contributed by atoms with Gasteiger partial charge in [0.05, 0.1) is 12.1 Å². The van der Waals surface area contributed by atoms with Gasteiger partial charge in [-0.3, -0.25) is 4.90 Å². The Bertz CT molecular complexity index is 660. The minimum Gasteiger partial charge on any atom is -0.424 e. The molecule has 2 aromatic rings. The van der Waals surface area contributed by atoms with Gasteiger partial charge in [0.1, 0.15) is 0 Å². The number of aromatic nitrogens is 2. The van der Waals surface area contributed by atoms with Crippen LogP contribution in [0.15, 0.2) is 34.7 Å². The Balaban J connectivity index is 1.47. The molecule has 5 nitrogen and oxygen atoms in total. The standard InChI is InChI=1S/C19H25N3O2/c23-19(10-4-5-11-19)14-22(12-15-6-2-1-3-7-15)13-17-20-21-18(24-17)16-8-9-16/h1-3,6-7,16,23H,4-5,8-14H2. The monoisotopic (exact) mass is 327 g/mol. The molecule has 2 aliphatic carbocycles. The fourth-order valence-corrected chi connectivity index (χ4v) is 3.63. The molecule has 1 aromatic carbocycles. The molecule has 0 radical (unpaired) electrons. The molecule has 0 atom stereocenters. The molecule has 0 aliphatic heterocycles. The molecule has 0 bridgehead atoms. The average Bonchev–Trinajstić information content (AvgIpc) is 3.18. The second kappa shape index (κ2) is 6.65. The van der Waals surface area contributed by atoms with Gasteiger partial charge < -0.3 is 9.52 Å². The summed E-state index contributed by atoms with van der Waals surface area (Å²) in [6.07, 6.45) is 6.32. The first-order valence-corrected chi connectivity index (χ1v) is 9.01. The lowest BCUT2D eigenvalue weighted by atomic mass is 10.0. The van der Waals surface area contributed by atoms with Gasteiger partial charge in [0.25, 0.3) is 0 Å². The Morgan fingerprint density at radius 3 is 2.54 bits per heavy atom. The molecule has 0 spiro atoms. The maximum atomic E-state index is 10.8. The van der Waals surface area contributed by atoms with E-state index in [0.717, 1.165) is 51.0 Å². The number of hydrogen-bond acceptors (Lipinski definition) is 5. The minimum atomic E-state index is -0.575. The molecule has 1 aromatic heterocycles. The third kappa shape index (κ3) is 3.84. The summed E-state index contributed by atoms with van der Waals surface area (Å²) < 4.78 is 5.83. The van der Waals surface area contributed by atoms with Crippen LogP contribution < -0.4 is 0 Å². The van der Waals surface area contributed by atoms with Crippen LogP contribution in [-0.2, 0) is 13.1 Å². The van der Waals surface area contributed by atoms with Gasteiger partial charge in [0.15, 0.2) is 0 Å². The van der Waals surface area contributed by atoms with Crippen molar-refractivity contribution in [1.82, 2.24) is 15.1 Å². The first-order valence-electron chi connectivity index (χ1n) is 9.01. The van der Waals surface area contributed by atoms with Crippen LogP contribution in [0, 0.1) is 0 Å². The lowest BCUT2D eigenvalue weighted by molar-refractivity contribution is 0.00232. The van der Waals surface area contributed by atoms with Crippen molar-refractivity contribution >= 4 is 0 Å². The number of benzene rings is 1. The molecule has 2 aliphatic rings. The van der Waals surface area contributed by atoms with E-state index in [4.69, 9.17) is 4.42 Å². The van der Waals surface area contributed by atoms with Gasteiger partial charge in [0.2, 0.25) is 11.8 Å². The lowest BCUT2D eigenvalue weighted by Crippen LogP contribution is -2.40. The van der Waals surface area contributed by atoms with Crippen molar-refractivity contribution in [2.75, 3.05) is 6.54 Å². The van der Waals surface area contributed by atoms with Crippen molar-refractivity contribution in [3.63, 3.8) is 0 Å². The second-order valence-electron chi connectivity index (χ2n) is 7.37. The fraction of sp³-hybridized carbons (Fsp3) is 0.579. The molecule has 0 unspecified atom stereocenters. The lowest BCUT2D eigenvalue weighted by Gasteiger charge is -2.30. The zero-order valence-electron chi connectivity index (χ0n) is 14.0. The molecular weight excluding hydrogens is 302 g/mol. The van der Waals surface area contributed by atoms with Crippen LogP contribution in [0.25, 0.3) is 0 Å². The van der Waals surface area contributed by atoms with Gasteiger partial charge in [-0.1, -0.05) is 43.2 Å². The highest BCUT2D eigenvalue weighted by Gasteiger charge is 2.34. The van der Waals surface area contributed by atoms with Gasteiger partial charge in [-0.05, 0) is 31.2 Å². The van der Waals surface area contributed by atoms with E-state index < -0.39 is 5.60 Å². The van der Waals surface area contributed by atoms with Crippen molar-refractivity contribution in [1.29, 1.82) is 0 Å². The van der Waals surface area contributed by atoms with Crippen molar-refractivity contribution in [2.45, 2.75) is 63.1 Å². The molecule has 2 fully saturated rings. The van der Waals surface area contributed by atoms with Crippen LogP contribution in [0.5, 0.6) is 0 Å². The third-order valence-corrected chi connectivity index (χ3v) is 5.07. The normalized spacial score (nSPS) is 19.9. The number of aliphatic hydroxyl groups is 1. The van der Waals surface area contributed by atoms with E-state index in [-0.39, 0.29) is 0 Å². The highest BCUT2D eigenvalue weighted by Crippen LogP contribution is 2.39. The topological polar surface area (TPSA) is 62.4 Å². The minimum absolute atomic E-state index is 0.479. The van der Waals surface area contributed by atoms with Crippen molar-refractivity contribution in [3.05, 3.63) is 47.7 Å². The molecule has 4 rings (SSSR count). The maximum absolute atomic E-state index is 10.8. The zero-order chi connectivity index (χ0) is 16.4. The average molecular weight is 327 g/mol. The highest BCUT2D eigenvalue weighted by atomic mass is 16.4. The fourth-order valence-electron chi connectivity index (χ4n) is 3.63. The van der Waals surface area contributed by atoms with E-state index in [1.165, 1.54) is 5.56 Å². The Morgan fingerprint density at radius 1 is 1.08 bits per heavy atom. The molecule has 0 amide bonds. The van der Waals surface area contributed by atoms with Gasteiger partial charge in [-0.15, -0.1) is 10.2 Å². The van der Waals surface area contributed by atoms with E-state index in [0.29, 0.717) is 24.9 Å². The summed E-state index contributed by atoms with van der Waals surface area (Å²) in [4.78, 5) is 2.24.